The van der Waals surface area contributed by atoms with Crippen LogP contribution in [0.25, 0.3) is 0 Å². The van der Waals surface area contributed by atoms with E-state index in [0.29, 0.717) is 18.5 Å². The molecule has 9 heteroatoms. The van der Waals surface area contributed by atoms with E-state index in [4.69, 9.17) is 9.47 Å². The number of esters is 1. The number of aliphatic hydroxyl groups excluding tert-OH is 1. The molecule has 9 nitrogen and oxygen atoms in total. The largest absolute Gasteiger partial charge is 0.461 e. The SMILES string of the molecule is CCN(CC)c1ccc(N2CC=C[C@]34O[C@@]5(CC)C=CCOC(=O)[C@H]5[C@H]3C(=O)N([C@@H](CO)Cc3ccccc3)C4C2=O)cc1. The zero-order valence-electron chi connectivity index (χ0n) is 25.6. The molecule has 0 aromatic heterocycles. The first-order valence-corrected chi connectivity index (χ1v) is 15.7. The van der Waals surface area contributed by atoms with Gasteiger partial charge in [-0.15, -0.1) is 0 Å². The zero-order chi connectivity index (χ0) is 31.1. The van der Waals surface area contributed by atoms with Gasteiger partial charge >= 0.3 is 5.97 Å². The number of cyclic esters (lactones) is 1. The van der Waals surface area contributed by atoms with Gasteiger partial charge in [0.05, 0.1) is 18.6 Å². The zero-order valence-corrected chi connectivity index (χ0v) is 25.6. The molecule has 4 aliphatic rings. The van der Waals surface area contributed by atoms with E-state index < -0.39 is 41.1 Å². The minimum absolute atomic E-state index is 0.0980. The summed E-state index contributed by atoms with van der Waals surface area (Å²) in [5.41, 5.74) is 0.159. The van der Waals surface area contributed by atoms with Gasteiger partial charge < -0.3 is 29.3 Å². The second-order valence-electron chi connectivity index (χ2n) is 12.0. The first-order chi connectivity index (χ1) is 21.3. The van der Waals surface area contributed by atoms with Crippen molar-refractivity contribution in [2.45, 2.75) is 56.9 Å². The van der Waals surface area contributed by atoms with E-state index in [1.54, 1.807) is 11.0 Å². The highest BCUT2D eigenvalue weighted by Crippen LogP contribution is 2.59. The number of hydrogen-bond donors (Lipinski definition) is 1. The number of rotatable bonds is 9. The molecule has 0 saturated carbocycles. The lowest BCUT2D eigenvalue weighted by atomic mass is 9.73. The van der Waals surface area contributed by atoms with Crippen molar-refractivity contribution in [3.63, 3.8) is 0 Å². The third-order valence-corrected chi connectivity index (χ3v) is 9.84. The minimum Gasteiger partial charge on any atom is -0.461 e. The highest BCUT2D eigenvalue weighted by molar-refractivity contribution is 6.06. The Morgan fingerprint density at radius 1 is 0.932 bits per heavy atom. The maximum Gasteiger partial charge on any atom is 0.313 e. The Morgan fingerprint density at radius 2 is 1.66 bits per heavy atom. The number of carbonyl (C=O) groups is 3. The Balaban J connectivity index is 1.46. The summed E-state index contributed by atoms with van der Waals surface area (Å²) in [7, 11) is 0. The van der Waals surface area contributed by atoms with Gasteiger partial charge in [-0.1, -0.05) is 55.5 Å². The summed E-state index contributed by atoms with van der Waals surface area (Å²) in [6.45, 7) is 7.86. The number of amides is 2. The summed E-state index contributed by atoms with van der Waals surface area (Å²) >= 11 is 0. The van der Waals surface area contributed by atoms with Crippen LogP contribution in [0.2, 0.25) is 0 Å². The molecule has 1 unspecified atom stereocenters. The number of carbonyl (C=O) groups excluding carboxylic acids is 3. The topological polar surface area (TPSA) is 99.6 Å². The van der Waals surface area contributed by atoms with Crippen molar-refractivity contribution in [2.75, 3.05) is 42.6 Å². The lowest BCUT2D eigenvalue weighted by Gasteiger charge is -2.40. The summed E-state index contributed by atoms with van der Waals surface area (Å²) in [5, 5.41) is 10.7. The molecular formula is C35H41N3O6. The van der Waals surface area contributed by atoms with Crippen LogP contribution in [0.1, 0.15) is 32.8 Å². The van der Waals surface area contributed by atoms with Gasteiger partial charge in [-0.25, -0.2) is 0 Å². The molecule has 4 heterocycles. The van der Waals surface area contributed by atoms with Gasteiger partial charge in [-0.3, -0.25) is 14.4 Å². The van der Waals surface area contributed by atoms with Crippen LogP contribution in [0.5, 0.6) is 0 Å². The van der Waals surface area contributed by atoms with E-state index in [1.807, 2.05) is 79.7 Å². The molecule has 2 aromatic carbocycles. The Morgan fingerprint density at radius 3 is 2.32 bits per heavy atom. The lowest BCUT2D eigenvalue weighted by molar-refractivity contribution is -0.159. The molecule has 44 heavy (non-hydrogen) atoms. The fraction of sp³-hybridized carbons (Fsp3) is 0.457. The van der Waals surface area contributed by atoms with Gasteiger partial charge in [0, 0.05) is 31.0 Å². The average molecular weight is 600 g/mol. The molecule has 1 N–H and O–H groups in total. The van der Waals surface area contributed by atoms with Gasteiger partial charge in [0.15, 0.2) is 0 Å². The summed E-state index contributed by atoms with van der Waals surface area (Å²) < 4.78 is 12.5. The highest BCUT2D eigenvalue weighted by atomic mass is 16.6. The Kier molecular flexibility index (Phi) is 8.11. The maximum atomic E-state index is 14.9. The molecule has 2 saturated heterocycles. The normalized spacial score (nSPS) is 29.9. The van der Waals surface area contributed by atoms with Crippen LogP contribution in [-0.2, 0) is 30.3 Å². The Labute approximate surface area is 258 Å². The van der Waals surface area contributed by atoms with Crippen LogP contribution in [0.15, 0.2) is 78.9 Å². The number of hydrogen-bond acceptors (Lipinski definition) is 7. The molecular weight excluding hydrogens is 558 g/mol. The summed E-state index contributed by atoms with van der Waals surface area (Å²) in [6.07, 6.45) is 8.06. The summed E-state index contributed by atoms with van der Waals surface area (Å²) in [4.78, 5) is 48.5. The van der Waals surface area contributed by atoms with Crippen molar-refractivity contribution in [1.82, 2.24) is 4.90 Å². The van der Waals surface area contributed by atoms with Gasteiger partial charge in [0.25, 0.3) is 5.91 Å². The molecule has 0 radical (unpaired) electrons. The lowest BCUT2D eigenvalue weighted by Crippen LogP contribution is -2.59. The van der Waals surface area contributed by atoms with Crippen molar-refractivity contribution in [2.24, 2.45) is 11.8 Å². The van der Waals surface area contributed by atoms with E-state index in [9.17, 15) is 19.5 Å². The van der Waals surface area contributed by atoms with Crippen LogP contribution in [0, 0.1) is 11.8 Å². The predicted octanol–water partition coefficient (Wildman–Crippen LogP) is 3.51. The molecule has 0 bridgehead atoms. The van der Waals surface area contributed by atoms with Crippen molar-refractivity contribution >= 4 is 29.2 Å². The summed E-state index contributed by atoms with van der Waals surface area (Å²) in [5.74, 6) is -3.12. The van der Waals surface area contributed by atoms with Crippen LogP contribution in [0.4, 0.5) is 11.4 Å². The molecule has 2 fully saturated rings. The molecule has 4 aliphatic heterocycles. The number of nitrogens with zero attached hydrogens (tertiary/aromatic N) is 3. The average Bonchev–Trinajstić information content (AvgIpc) is 3.33. The number of fused-ring (bicyclic) bond motifs is 2. The van der Waals surface area contributed by atoms with Gasteiger partial charge in [-0.05, 0) is 62.6 Å². The van der Waals surface area contributed by atoms with Crippen LogP contribution in [0.3, 0.4) is 0 Å². The fourth-order valence-electron chi connectivity index (χ4n) is 7.73. The molecule has 2 aromatic rings. The van der Waals surface area contributed by atoms with Crippen LogP contribution >= 0.6 is 0 Å². The first-order valence-electron chi connectivity index (χ1n) is 15.7. The van der Waals surface area contributed by atoms with Gasteiger partial charge in [0.2, 0.25) is 5.91 Å². The molecule has 0 aliphatic carbocycles. The van der Waals surface area contributed by atoms with E-state index in [1.165, 1.54) is 4.90 Å². The van der Waals surface area contributed by atoms with Crippen molar-refractivity contribution in [3.8, 4) is 0 Å². The molecule has 6 atom stereocenters. The third-order valence-electron chi connectivity index (χ3n) is 9.84. The van der Waals surface area contributed by atoms with Gasteiger partial charge in [0.1, 0.15) is 29.8 Å². The van der Waals surface area contributed by atoms with Crippen molar-refractivity contribution in [1.29, 1.82) is 0 Å². The first kappa shape index (κ1) is 30.1. The van der Waals surface area contributed by atoms with Crippen molar-refractivity contribution < 1.29 is 29.0 Å². The minimum atomic E-state index is -1.42. The predicted molar refractivity (Wildman–Crippen MR) is 167 cm³/mol. The standard InChI is InChI=1S/C35H41N3O6/c1-4-34-18-11-21-43-33(42)29(34)28-31(40)38(27(23-39)22-24-12-8-7-9-13-24)30-32(41)37(20-10-19-35(28,30)44-34)26-16-14-25(15-17-26)36(5-2)6-3/h7-19,27-30,39H,4-6,20-23H2,1-3H3/t27-,28+,29-,30?,34+,35+/m1/s1. The number of likely N-dealkylation sites (tertiary alicyclic amines) is 1. The summed E-state index contributed by atoms with van der Waals surface area (Å²) in [6, 6.07) is 15.6. The Hall–Kier alpha value is -3.95. The van der Waals surface area contributed by atoms with E-state index in [2.05, 4.69) is 18.7 Å². The fourth-order valence-corrected chi connectivity index (χ4v) is 7.73. The van der Waals surface area contributed by atoms with Crippen molar-refractivity contribution in [3.05, 3.63) is 84.5 Å². The third kappa shape index (κ3) is 4.64. The number of benzene rings is 2. The number of anilines is 2. The molecule has 2 amide bonds. The Bertz CT molecular complexity index is 1450. The second-order valence-corrected chi connectivity index (χ2v) is 12.0. The monoisotopic (exact) mass is 599 g/mol. The maximum absolute atomic E-state index is 14.9. The second kappa shape index (κ2) is 11.9. The smallest absolute Gasteiger partial charge is 0.313 e. The number of aliphatic hydroxyl groups is 1. The molecule has 1 spiro atoms. The van der Waals surface area contributed by atoms with Crippen LogP contribution in [-0.4, -0.2) is 83.9 Å². The molecule has 6 rings (SSSR count). The number of ether oxygens (including phenoxy) is 2. The van der Waals surface area contributed by atoms with E-state index in [0.717, 1.165) is 24.3 Å². The van der Waals surface area contributed by atoms with E-state index >= 15 is 0 Å². The van der Waals surface area contributed by atoms with E-state index in [-0.39, 0.29) is 31.6 Å². The van der Waals surface area contributed by atoms with Gasteiger partial charge in [-0.2, -0.15) is 0 Å². The highest BCUT2D eigenvalue weighted by Gasteiger charge is 2.76. The molecule has 232 valence electrons. The quantitative estimate of drug-likeness (QED) is 0.348. The van der Waals surface area contributed by atoms with Crippen LogP contribution < -0.4 is 9.80 Å².